The Morgan fingerprint density at radius 1 is 1.29 bits per heavy atom. The summed E-state index contributed by atoms with van der Waals surface area (Å²) in [7, 11) is 1.94. The second-order valence-corrected chi connectivity index (χ2v) is 5.71. The van der Waals surface area contributed by atoms with Gasteiger partial charge in [-0.15, -0.1) is 11.6 Å². The molecule has 0 amide bonds. The second-order valence-electron chi connectivity index (χ2n) is 5.01. The van der Waals surface area contributed by atoms with Crippen molar-refractivity contribution in [2.24, 2.45) is 7.05 Å². The van der Waals surface area contributed by atoms with E-state index in [2.05, 4.69) is 27.8 Å². The van der Waals surface area contributed by atoms with E-state index in [9.17, 15) is 0 Å². The van der Waals surface area contributed by atoms with Crippen LogP contribution in [0.5, 0.6) is 0 Å². The molecule has 0 fully saturated rings. The Hall–Kier alpha value is -1.52. The molecular weight excluding hydrogens is 307 g/mol. The van der Waals surface area contributed by atoms with Crippen LogP contribution in [0.1, 0.15) is 24.0 Å². The van der Waals surface area contributed by atoms with Crippen molar-refractivity contribution in [3.63, 3.8) is 0 Å². The van der Waals surface area contributed by atoms with E-state index in [1.165, 1.54) is 5.56 Å². The molecule has 4 nitrogen and oxygen atoms in total. The van der Waals surface area contributed by atoms with E-state index >= 15 is 0 Å². The van der Waals surface area contributed by atoms with Gasteiger partial charge in [-0.3, -0.25) is 4.68 Å². The van der Waals surface area contributed by atoms with Gasteiger partial charge in [-0.05, 0) is 24.6 Å². The van der Waals surface area contributed by atoms with Crippen molar-refractivity contribution in [1.82, 2.24) is 19.3 Å². The summed E-state index contributed by atoms with van der Waals surface area (Å²) < 4.78 is 3.99. The molecule has 3 rings (SSSR count). The van der Waals surface area contributed by atoms with Gasteiger partial charge in [0.05, 0.1) is 29.2 Å². The number of hydrogen-bond acceptors (Lipinski definition) is 2. The van der Waals surface area contributed by atoms with Gasteiger partial charge >= 0.3 is 0 Å². The number of aryl methyl sites for hydroxylation is 2. The summed E-state index contributed by atoms with van der Waals surface area (Å²) in [6.07, 6.45) is 2.96. The van der Waals surface area contributed by atoms with Crippen LogP contribution in [0.3, 0.4) is 0 Å². The normalized spacial score (nSPS) is 11.4. The number of benzene rings is 1. The molecule has 0 saturated carbocycles. The fourth-order valence-corrected chi connectivity index (χ4v) is 2.99. The molecule has 0 radical (unpaired) electrons. The Labute approximate surface area is 133 Å². The number of nitrogens with zero attached hydrogens (tertiary/aromatic N) is 4. The van der Waals surface area contributed by atoms with Crippen molar-refractivity contribution < 1.29 is 0 Å². The van der Waals surface area contributed by atoms with Crippen molar-refractivity contribution in [1.29, 1.82) is 0 Å². The van der Waals surface area contributed by atoms with Gasteiger partial charge in [0.25, 0.3) is 0 Å². The fourth-order valence-electron chi connectivity index (χ4n) is 2.61. The summed E-state index contributed by atoms with van der Waals surface area (Å²) in [5, 5.41) is 5.17. The monoisotopic (exact) mass is 322 g/mol. The molecule has 3 aromatic rings. The van der Waals surface area contributed by atoms with E-state index in [1.807, 2.05) is 29.9 Å². The number of imidazole rings is 1. The molecule has 110 valence electrons. The number of fused-ring (bicyclic) bond motifs is 1. The van der Waals surface area contributed by atoms with Gasteiger partial charge in [-0.1, -0.05) is 18.5 Å². The number of rotatable bonds is 4. The van der Waals surface area contributed by atoms with Crippen LogP contribution in [0.25, 0.3) is 11.0 Å². The Morgan fingerprint density at radius 3 is 2.81 bits per heavy atom. The Kier molecular flexibility index (Phi) is 3.91. The molecule has 0 aliphatic heterocycles. The predicted molar refractivity (Wildman–Crippen MR) is 86.0 cm³/mol. The molecule has 0 aliphatic carbocycles. The highest BCUT2D eigenvalue weighted by molar-refractivity contribution is 6.31. The van der Waals surface area contributed by atoms with Crippen LogP contribution in [-0.2, 0) is 25.9 Å². The molecule has 0 aliphatic rings. The Morgan fingerprint density at radius 2 is 2.10 bits per heavy atom. The number of hydrogen-bond donors (Lipinski definition) is 0. The summed E-state index contributed by atoms with van der Waals surface area (Å²) >= 11 is 12.1. The maximum atomic E-state index is 6.05. The Bertz CT molecular complexity index is 788. The van der Waals surface area contributed by atoms with Crippen LogP contribution < -0.4 is 0 Å². The van der Waals surface area contributed by atoms with Crippen LogP contribution in [-0.4, -0.2) is 19.3 Å². The van der Waals surface area contributed by atoms with Gasteiger partial charge in [0.15, 0.2) is 0 Å². The van der Waals surface area contributed by atoms with Gasteiger partial charge < -0.3 is 4.57 Å². The van der Waals surface area contributed by atoms with Crippen LogP contribution in [0, 0.1) is 0 Å². The van der Waals surface area contributed by atoms with Crippen molar-refractivity contribution in [2.75, 3.05) is 0 Å². The average Bonchev–Trinajstić information content (AvgIpc) is 2.99. The van der Waals surface area contributed by atoms with Crippen LogP contribution in [0.4, 0.5) is 0 Å². The minimum Gasteiger partial charge on any atom is -0.322 e. The van der Waals surface area contributed by atoms with Crippen molar-refractivity contribution >= 4 is 34.2 Å². The fraction of sp³-hybridized carbons (Fsp3) is 0.333. The van der Waals surface area contributed by atoms with Crippen molar-refractivity contribution in [2.45, 2.75) is 25.8 Å². The SMILES string of the molecule is CCc1nn(C)cc1Cn1c(CCl)nc2cc(Cl)ccc21. The maximum absolute atomic E-state index is 6.05. The summed E-state index contributed by atoms with van der Waals surface area (Å²) in [6, 6.07) is 5.74. The highest BCUT2D eigenvalue weighted by Crippen LogP contribution is 2.23. The first-order valence-corrected chi connectivity index (χ1v) is 7.75. The molecule has 2 heterocycles. The van der Waals surface area contributed by atoms with Crippen LogP contribution >= 0.6 is 23.2 Å². The first-order chi connectivity index (χ1) is 10.1. The molecule has 6 heteroatoms. The van der Waals surface area contributed by atoms with E-state index in [1.54, 1.807) is 0 Å². The zero-order valence-electron chi connectivity index (χ0n) is 12.0. The van der Waals surface area contributed by atoms with Crippen LogP contribution in [0.2, 0.25) is 5.02 Å². The van der Waals surface area contributed by atoms with E-state index in [-0.39, 0.29) is 0 Å². The van der Waals surface area contributed by atoms with Crippen molar-refractivity contribution in [3.8, 4) is 0 Å². The largest absolute Gasteiger partial charge is 0.322 e. The zero-order valence-corrected chi connectivity index (χ0v) is 13.5. The van der Waals surface area contributed by atoms with E-state index in [4.69, 9.17) is 23.2 Å². The van der Waals surface area contributed by atoms with E-state index in [0.29, 0.717) is 10.9 Å². The lowest BCUT2D eigenvalue weighted by Crippen LogP contribution is -2.05. The lowest BCUT2D eigenvalue weighted by molar-refractivity contribution is 0.746. The lowest BCUT2D eigenvalue weighted by atomic mass is 10.2. The summed E-state index contributed by atoms with van der Waals surface area (Å²) in [4.78, 5) is 4.57. The van der Waals surface area contributed by atoms with Gasteiger partial charge in [-0.25, -0.2) is 4.98 Å². The smallest absolute Gasteiger partial charge is 0.125 e. The highest BCUT2D eigenvalue weighted by Gasteiger charge is 2.13. The molecule has 0 N–H and O–H groups in total. The summed E-state index contributed by atoms with van der Waals surface area (Å²) in [6.45, 7) is 2.83. The van der Waals surface area contributed by atoms with E-state index in [0.717, 1.165) is 35.5 Å². The average molecular weight is 323 g/mol. The lowest BCUT2D eigenvalue weighted by Gasteiger charge is -2.07. The topological polar surface area (TPSA) is 35.6 Å². The number of aromatic nitrogens is 4. The quantitative estimate of drug-likeness (QED) is 0.685. The molecule has 0 spiro atoms. The van der Waals surface area contributed by atoms with Crippen molar-refractivity contribution in [3.05, 3.63) is 46.5 Å². The molecule has 0 saturated heterocycles. The molecular formula is C15H16Cl2N4. The third-order valence-corrected chi connectivity index (χ3v) is 4.04. The highest BCUT2D eigenvalue weighted by atomic mass is 35.5. The van der Waals surface area contributed by atoms with Gasteiger partial charge in [0.1, 0.15) is 5.82 Å². The molecule has 1 aromatic carbocycles. The van der Waals surface area contributed by atoms with Gasteiger partial charge in [0.2, 0.25) is 0 Å². The molecule has 21 heavy (non-hydrogen) atoms. The van der Waals surface area contributed by atoms with Gasteiger partial charge in [-0.2, -0.15) is 5.10 Å². The second kappa shape index (κ2) is 5.70. The molecule has 2 aromatic heterocycles. The third-order valence-electron chi connectivity index (χ3n) is 3.56. The minimum atomic E-state index is 0.369. The standard InChI is InChI=1S/C15H16Cl2N4/c1-3-12-10(8-20(2)19-12)9-21-14-5-4-11(17)6-13(14)18-15(21)7-16/h4-6,8H,3,7,9H2,1-2H3. The Balaban J connectivity index is 2.10. The summed E-state index contributed by atoms with van der Waals surface area (Å²) in [5.41, 5.74) is 4.22. The summed E-state index contributed by atoms with van der Waals surface area (Å²) in [5.74, 6) is 1.22. The first kappa shape index (κ1) is 14.4. The molecule has 0 unspecified atom stereocenters. The number of halogens is 2. The minimum absolute atomic E-state index is 0.369. The molecule has 0 bridgehead atoms. The molecule has 0 atom stereocenters. The third kappa shape index (κ3) is 2.65. The predicted octanol–water partition coefficient (Wildman–Crippen LogP) is 3.77. The van der Waals surface area contributed by atoms with Gasteiger partial charge in [0, 0.05) is 23.8 Å². The van der Waals surface area contributed by atoms with Crippen LogP contribution in [0.15, 0.2) is 24.4 Å². The first-order valence-electron chi connectivity index (χ1n) is 6.84. The number of alkyl halides is 1. The maximum Gasteiger partial charge on any atom is 0.125 e. The zero-order chi connectivity index (χ0) is 15.0. The van der Waals surface area contributed by atoms with E-state index < -0.39 is 0 Å².